The van der Waals surface area contributed by atoms with Gasteiger partial charge in [0, 0.05) is 4.75 Å². The Bertz CT molecular complexity index is 220. The molecule has 0 aromatic heterocycles. The summed E-state index contributed by atoms with van der Waals surface area (Å²) in [7, 11) is 0. The zero-order valence-electron chi connectivity index (χ0n) is 18.8. The van der Waals surface area contributed by atoms with Crippen molar-refractivity contribution in [1.82, 2.24) is 0 Å². The summed E-state index contributed by atoms with van der Waals surface area (Å²) in [5, 5.41) is 0. The lowest BCUT2D eigenvalue weighted by Gasteiger charge is -2.29. The molecular formula is C25H52S. The van der Waals surface area contributed by atoms with Gasteiger partial charge in [-0.2, -0.15) is 12.6 Å². The van der Waals surface area contributed by atoms with E-state index >= 15 is 0 Å². The van der Waals surface area contributed by atoms with Crippen LogP contribution in [0, 0.1) is 0 Å². The molecule has 0 aliphatic carbocycles. The SMILES string of the molecule is CCCCCCCCC(S)(CCCCCCCC)CCCCCCCC. The normalized spacial score (nSPS) is 12.0. The Morgan fingerprint density at radius 3 is 0.885 bits per heavy atom. The Kier molecular flexibility index (Phi) is 20.4. The number of rotatable bonds is 21. The van der Waals surface area contributed by atoms with Crippen LogP contribution in [0.25, 0.3) is 0 Å². The van der Waals surface area contributed by atoms with E-state index in [0.29, 0.717) is 4.75 Å². The number of thiol groups is 1. The molecule has 0 rings (SSSR count). The van der Waals surface area contributed by atoms with Crippen molar-refractivity contribution in [2.45, 2.75) is 160 Å². The summed E-state index contributed by atoms with van der Waals surface area (Å²) in [4.78, 5) is 0. The number of hydrogen-bond donors (Lipinski definition) is 1. The predicted molar refractivity (Wildman–Crippen MR) is 126 cm³/mol. The van der Waals surface area contributed by atoms with Crippen LogP contribution in [0.5, 0.6) is 0 Å². The van der Waals surface area contributed by atoms with Gasteiger partial charge < -0.3 is 0 Å². The molecule has 0 aliphatic heterocycles. The molecule has 26 heavy (non-hydrogen) atoms. The van der Waals surface area contributed by atoms with Gasteiger partial charge in [-0.05, 0) is 19.3 Å². The molecule has 0 saturated heterocycles. The van der Waals surface area contributed by atoms with Crippen molar-refractivity contribution in [1.29, 1.82) is 0 Å². The Morgan fingerprint density at radius 1 is 0.385 bits per heavy atom. The second-order valence-electron chi connectivity index (χ2n) is 8.78. The van der Waals surface area contributed by atoms with Gasteiger partial charge in [-0.15, -0.1) is 0 Å². The van der Waals surface area contributed by atoms with Gasteiger partial charge in [0.1, 0.15) is 0 Å². The molecule has 0 aliphatic rings. The van der Waals surface area contributed by atoms with Gasteiger partial charge in [-0.25, -0.2) is 0 Å². The average Bonchev–Trinajstić information content (AvgIpc) is 2.64. The lowest BCUT2D eigenvalue weighted by atomic mass is 9.88. The van der Waals surface area contributed by atoms with Crippen molar-refractivity contribution in [2.24, 2.45) is 0 Å². The molecule has 0 amide bonds. The third kappa shape index (κ3) is 17.7. The van der Waals surface area contributed by atoms with E-state index in [2.05, 4.69) is 20.8 Å². The summed E-state index contributed by atoms with van der Waals surface area (Å²) in [6.07, 6.45) is 29.5. The van der Waals surface area contributed by atoms with Gasteiger partial charge in [-0.3, -0.25) is 0 Å². The van der Waals surface area contributed by atoms with Gasteiger partial charge >= 0.3 is 0 Å². The summed E-state index contributed by atoms with van der Waals surface area (Å²) in [5.41, 5.74) is 0. The molecule has 0 aromatic rings. The van der Waals surface area contributed by atoms with E-state index in [4.69, 9.17) is 12.6 Å². The summed E-state index contributed by atoms with van der Waals surface area (Å²) in [5.74, 6) is 0. The zero-order chi connectivity index (χ0) is 19.3. The van der Waals surface area contributed by atoms with E-state index in [-0.39, 0.29) is 0 Å². The summed E-state index contributed by atoms with van der Waals surface area (Å²) < 4.78 is 0.334. The molecule has 1 heteroatoms. The maximum absolute atomic E-state index is 5.25. The van der Waals surface area contributed by atoms with Crippen molar-refractivity contribution in [3.05, 3.63) is 0 Å². The van der Waals surface area contributed by atoms with Gasteiger partial charge in [-0.1, -0.05) is 136 Å². The Morgan fingerprint density at radius 2 is 0.615 bits per heavy atom. The highest BCUT2D eigenvalue weighted by Gasteiger charge is 2.23. The predicted octanol–water partition coefficient (Wildman–Crippen LogP) is 9.91. The monoisotopic (exact) mass is 384 g/mol. The highest BCUT2D eigenvalue weighted by Crippen LogP contribution is 2.34. The number of unbranched alkanes of at least 4 members (excludes halogenated alkanes) is 15. The molecule has 0 radical (unpaired) electrons. The van der Waals surface area contributed by atoms with Crippen molar-refractivity contribution < 1.29 is 0 Å². The largest absolute Gasteiger partial charge is 0.173 e. The van der Waals surface area contributed by atoms with E-state index in [1.807, 2.05) is 0 Å². The van der Waals surface area contributed by atoms with Crippen LogP contribution in [-0.2, 0) is 0 Å². The van der Waals surface area contributed by atoms with Crippen LogP contribution in [0.3, 0.4) is 0 Å². The first-order valence-corrected chi connectivity index (χ1v) is 12.9. The van der Waals surface area contributed by atoms with Crippen LogP contribution in [0.1, 0.15) is 156 Å². The molecule has 0 unspecified atom stereocenters. The summed E-state index contributed by atoms with van der Waals surface area (Å²) in [6.45, 7) is 6.92. The third-order valence-corrected chi connectivity index (χ3v) is 6.66. The highest BCUT2D eigenvalue weighted by atomic mass is 32.1. The van der Waals surface area contributed by atoms with Crippen molar-refractivity contribution in [3.63, 3.8) is 0 Å². The van der Waals surface area contributed by atoms with E-state index in [1.165, 1.54) is 135 Å². The van der Waals surface area contributed by atoms with Crippen LogP contribution >= 0.6 is 12.6 Å². The fourth-order valence-electron chi connectivity index (χ4n) is 4.08. The van der Waals surface area contributed by atoms with Crippen LogP contribution in [0.2, 0.25) is 0 Å². The zero-order valence-corrected chi connectivity index (χ0v) is 19.7. The fraction of sp³-hybridized carbons (Fsp3) is 1.00. The Balaban J connectivity index is 4.02. The van der Waals surface area contributed by atoms with Crippen LogP contribution in [-0.4, -0.2) is 4.75 Å². The first kappa shape index (κ1) is 26.4. The maximum Gasteiger partial charge on any atom is 0.0130 e. The maximum atomic E-state index is 5.25. The Labute approximate surface area is 173 Å². The molecule has 0 bridgehead atoms. The minimum absolute atomic E-state index is 0.334. The van der Waals surface area contributed by atoms with Crippen LogP contribution in [0.15, 0.2) is 0 Å². The second-order valence-corrected chi connectivity index (χ2v) is 9.73. The van der Waals surface area contributed by atoms with Gasteiger partial charge in [0.2, 0.25) is 0 Å². The molecule has 158 valence electrons. The van der Waals surface area contributed by atoms with Gasteiger partial charge in [0.25, 0.3) is 0 Å². The van der Waals surface area contributed by atoms with Crippen LogP contribution in [0.4, 0.5) is 0 Å². The second kappa shape index (κ2) is 20.1. The molecular weight excluding hydrogens is 332 g/mol. The minimum Gasteiger partial charge on any atom is -0.173 e. The molecule has 0 saturated carbocycles. The molecule has 0 heterocycles. The summed E-state index contributed by atoms with van der Waals surface area (Å²) >= 11 is 5.25. The standard InChI is InChI=1S/C25H52S/c1-4-7-10-13-16-19-22-25(26,23-20-17-14-11-8-5-2)24-21-18-15-12-9-6-3/h26H,4-24H2,1-3H3. The van der Waals surface area contributed by atoms with E-state index in [9.17, 15) is 0 Å². The highest BCUT2D eigenvalue weighted by molar-refractivity contribution is 7.81. The molecule has 0 nitrogen and oxygen atoms in total. The molecule has 0 N–H and O–H groups in total. The van der Waals surface area contributed by atoms with Gasteiger partial charge in [0.05, 0.1) is 0 Å². The molecule has 0 atom stereocenters. The van der Waals surface area contributed by atoms with Gasteiger partial charge in [0.15, 0.2) is 0 Å². The molecule has 0 spiro atoms. The first-order chi connectivity index (χ1) is 12.7. The third-order valence-electron chi connectivity index (χ3n) is 5.99. The number of hydrogen-bond acceptors (Lipinski definition) is 1. The van der Waals surface area contributed by atoms with E-state index in [1.54, 1.807) is 0 Å². The van der Waals surface area contributed by atoms with Crippen LogP contribution < -0.4 is 0 Å². The van der Waals surface area contributed by atoms with E-state index in [0.717, 1.165) is 0 Å². The van der Waals surface area contributed by atoms with Crippen molar-refractivity contribution in [3.8, 4) is 0 Å². The molecule has 0 aromatic carbocycles. The lowest BCUT2D eigenvalue weighted by Crippen LogP contribution is -2.21. The van der Waals surface area contributed by atoms with Crippen molar-refractivity contribution in [2.75, 3.05) is 0 Å². The molecule has 0 fully saturated rings. The lowest BCUT2D eigenvalue weighted by molar-refractivity contribution is 0.406. The fourth-order valence-corrected chi connectivity index (χ4v) is 4.55. The first-order valence-electron chi connectivity index (χ1n) is 12.4. The smallest absolute Gasteiger partial charge is 0.0130 e. The topological polar surface area (TPSA) is 0 Å². The Hall–Kier alpha value is 0.350. The average molecular weight is 385 g/mol. The van der Waals surface area contributed by atoms with E-state index < -0.39 is 0 Å². The summed E-state index contributed by atoms with van der Waals surface area (Å²) in [6, 6.07) is 0. The van der Waals surface area contributed by atoms with Crippen molar-refractivity contribution >= 4 is 12.6 Å². The minimum atomic E-state index is 0.334. The quantitative estimate of drug-likeness (QED) is 0.148.